The molecule has 0 saturated heterocycles. The van der Waals surface area contributed by atoms with Gasteiger partial charge in [-0.3, -0.25) is 4.79 Å². The minimum absolute atomic E-state index is 0.0371. The number of nitrogens with zero attached hydrogens (tertiary/aromatic N) is 2. The minimum atomic E-state index is -0.385. The van der Waals surface area contributed by atoms with Crippen LogP contribution < -0.4 is 14.8 Å². The molecule has 3 rings (SSSR count). The number of hydrogen-bond acceptors (Lipinski definition) is 5. The first kappa shape index (κ1) is 20.8. The van der Waals surface area contributed by atoms with Gasteiger partial charge in [-0.25, -0.2) is 4.98 Å². The molecule has 0 radical (unpaired) electrons. The SMILES string of the molecule is COc1ccc(SCCC(=O)NC(c2ccccc2OC)c2nccn2C)cc1. The molecule has 0 bridgehead atoms. The molecule has 1 atom stereocenters. The van der Waals surface area contributed by atoms with Gasteiger partial charge in [-0.15, -0.1) is 11.8 Å². The lowest BCUT2D eigenvalue weighted by atomic mass is 10.0. The van der Waals surface area contributed by atoms with Crippen LogP contribution in [-0.4, -0.2) is 35.4 Å². The van der Waals surface area contributed by atoms with Crippen LogP contribution in [0.25, 0.3) is 0 Å². The van der Waals surface area contributed by atoms with Gasteiger partial charge in [0.15, 0.2) is 0 Å². The molecule has 2 aromatic carbocycles. The van der Waals surface area contributed by atoms with Gasteiger partial charge in [0, 0.05) is 42.1 Å². The first-order valence-corrected chi connectivity index (χ1v) is 10.3. The molecule has 0 fully saturated rings. The number of carbonyl (C=O) groups excluding carboxylic acids is 1. The summed E-state index contributed by atoms with van der Waals surface area (Å²) in [5.74, 6) is 2.93. The molecule has 152 valence electrons. The van der Waals surface area contributed by atoms with E-state index in [4.69, 9.17) is 9.47 Å². The minimum Gasteiger partial charge on any atom is -0.497 e. The molecule has 1 heterocycles. The molecular formula is C22H25N3O3S. The van der Waals surface area contributed by atoms with Crippen molar-refractivity contribution in [1.82, 2.24) is 14.9 Å². The average Bonchev–Trinajstić information content (AvgIpc) is 3.18. The second-order valence-electron chi connectivity index (χ2n) is 6.41. The first-order valence-electron chi connectivity index (χ1n) is 9.28. The fourth-order valence-electron chi connectivity index (χ4n) is 3.01. The zero-order chi connectivity index (χ0) is 20.6. The van der Waals surface area contributed by atoms with E-state index in [-0.39, 0.29) is 11.9 Å². The van der Waals surface area contributed by atoms with E-state index in [0.29, 0.717) is 17.9 Å². The van der Waals surface area contributed by atoms with Gasteiger partial charge in [-0.2, -0.15) is 0 Å². The third-order valence-corrected chi connectivity index (χ3v) is 5.54. The Labute approximate surface area is 175 Å². The molecule has 1 amide bonds. The van der Waals surface area contributed by atoms with Crippen LogP contribution in [0.4, 0.5) is 0 Å². The number of para-hydroxylation sites is 1. The molecule has 1 N–H and O–H groups in total. The molecule has 7 heteroatoms. The Morgan fingerprint density at radius 1 is 1.14 bits per heavy atom. The Balaban J connectivity index is 1.67. The molecular weight excluding hydrogens is 386 g/mol. The molecule has 0 saturated carbocycles. The number of imidazole rings is 1. The second-order valence-corrected chi connectivity index (χ2v) is 7.58. The lowest BCUT2D eigenvalue weighted by Crippen LogP contribution is -2.31. The van der Waals surface area contributed by atoms with Crippen molar-refractivity contribution in [3.05, 3.63) is 72.3 Å². The van der Waals surface area contributed by atoms with Crippen molar-refractivity contribution in [2.24, 2.45) is 7.05 Å². The second kappa shape index (κ2) is 10.0. The van der Waals surface area contributed by atoms with E-state index in [9.17, 15) is 4.79 Å². The van der Waals surface area contributed by atoms with Crippen LogP contribution in [0.2, 0.25) is 0 Å². The van der Waals surface area contributed by atoms with E-state index >= 15 is 0 Å². The van der Waals surface area contributed by atoms with Gasteiger partial charge in [0.2, 0.25) is 5.91 Å². The van der Waals surface area contributed by atoms with Crippen LogP contribution in [0.5, 0.6) is 11.5 Å². The van der Waals surface area contributed by atoms with Gasteiger partial charge in [-0.05, 0) is 30.3 Å². The summed E-state index contributed by atoms with van der Waals surface area (Å²) in [4.78, 5) is 18.2. The summed E-state index contributed by atoms with van der Waals surface area (Å²) in [7, 11) is 5.18. The number of methoxy groups -OCH3 is 2. The van der Waals surface area contributed by atoms with Gasteiger partial charge >= 0.3 is 0 Å². The molecule has 1 unspecified atom stereocenters. The summed E-state index contributed by atoms with van der Waals surface area (Å²) < 4.78 is 12.6. The highest BCUT2D eigenvalue weighted by Gasteiger charge is 2.23. The molecule has 0 aliphatic heterocycles. The zero-order valence-corrected chi connectivity index (χ0v) is 17.6. The van der Waals surface area contributed by atoms with E-state index in [1.165, 1.54) is 0 Å². The summed E-state index contributed by atoms with van der Waals surface area (Å²) in [6.07, 6.45) is 3.99. The summed E-state index contributed by atoms with van der Waals surface area (Å²) in [5, 5.41) is 3.12. The molecule has 6 nitrogen and oxygen atoms in total. The van der Waals surface area contributed by atoms with Gasteiger partial charge in [0.1, 0.15) is 23.4 Å². The molecule has 0 aliphatic carbocycles. The maximum Gasteiger partial charge on any atom is 0.221 e. The topological polar surface area (TPSA) is 65.4 Å². The lowest BCUT2D eigenvalue weighted by molar-refractivity contribution is -0.121. The fourth-order valence-corrected chi connectivity index (χ4v) is 3.86. The summed E-state index contributed by atoms with van der Waals surface area (Å²) in [6, 6.07) is 15.1. The largest absolute Gasteiger partial charge is 0.497 e. The Hall–Kier alpha value is -2.93. The number of thioether (sulfide) groups is 1. The maximum absolute atomic E-state index is 12.7. The zero-order valence-electron chi connectivity index (χ0n) is 16.8. The Morgan fingerprint density at radius 2 is 1.90 bits per heavy atom. The van der Waals surface area contributed by atoms with Crippen LogP contribution in [0, 0.1) is 0 Å². The predicted molar refractivity (Wildman–Crippen MR) is 115 cm³/mol. The standard InChI is InChI=1S/C22H25N3O3S/c1-25-14-13-23-22(25)21(18-6-4-5-7-19(18)28-3)24-20(26)12-15-29-17-10-8-16(27-2)9-11-17/h4-11,13-14,21H,12,15H2,1-3H3,(H,24,26). The van der Waals surface area contributed by atoms with E-state index in [1.807, 2.05) is 66.3 Å². The van der Waals surface area contributed by atoms with Crippen LogP contribution in [-0.2, 0) is 11.8 Å². The highest BCUT2D eigenvalue weighted by molar-refractivity contribution is 7.99. The lowest BCUT2D eigenvalue weighted by Gasteiger charge is -2.21. The first-order chi connectivity index (χ1) is 14.1. The smallest absolute Gasteiger partial charge is 0.221 e. The Morgan fingerprint density at radius 3 is 2.55 bits per heavy atom. The highest BCUT2D eigenvalue weighted by atomic mass is 32.2. The van der Waals surface area contributed by atoms with E-state index in [2.05, 4.69) is 10.3 Å². The van der Waals surface area contributed by atoms with Gasteiger partial charge in [0.25, 0.3) is 0 Å². The number of benzene rings is 2. The molecule has 3 aromatic rings. The van der Waals surface area contributed by atoms with Crippen molar-refractivity contribution < 1.29 is 14.3 Å². The third kappa shape index (κ3) is 5.32. The van der Waals surface area contributed by atoms with Gasteiger partial charge in [-0.1, -0.05) is 18.2 Å². The van der Waals surface area contributed by atoms with Gasteiger partial charge in [0.05, 0.1) is 14.2 Å². The maximum atomic E-state index is 12.7. The van der Waals surface area contributed by atoms with Crippen molar-refractivity contribution in [2.75, 3.05) is 20.0 Å². The van der Waals surface area contributed by atoms with E-state index in [0.717, 1.165) is 22.0 Å². The quantitative estimate of drug-likeness (QED) is 0.542. The molecule has 1 aromatic heterocycles. The van der Waals surface area contributed by atoms with Crippen molar-refractivity contribution in [1.29, 1.82) is 0 Å². The van der Waals surface area contributed by atoms with Crippen molar-refractivity contribution in [3.8, 4) is 11.5 Å². The van der Waals surface area contributed by atoms with Crippen LogP contribution >= 0.6 is 11.8 Å². The molecule has 0 spiro atoms. The number of aromatic nitrogens is 2. The number of carbonyl (C=O) groups is 1. The van der Waals surface area contributed by atoms with Crippen LogP contribution in [0.3, 0.4) is 0 Å². The molecule has 29 heavy (non-hydrogen) atoms. The number of aryl methyl sites for hydroxylation is 1. The van der Waals surface area contributed by atoms with Crippen molar-refractivity contribution in [3.63, 3.8) is 0 Å². The number of rotatable bonds is 9. The molecule has 0 aliphatic rings. The predicted octanol–water partition coefficient (Wildman–Crippen LogP) is 3.83. The Bertz CT molecular complexity index is 940. The Kier molecular flexibility index (Phi) is 7.19. The van der Waals surface area contributed by atoms with Crippen molar-refractivity contribution >= 4 is 17.7 Å². The fraction of sp³-hybridized carbons (Fsp3) is 0.273. The monoisotopic (exact) mass is 411 g/mol. The average molecular weight is 412 g/mol. The van der Waals surface area contributed by atoms with Crippen molar-refractivity contribution in [2.45, 2.75) is 17.4 Å². The van der Waals surface area contributed by atoms with E-state index < -0.39 is 0 Å². The normalized spacial score (nSPS) is 11.7. The van der Waals surface area contributed by atoms with Gasteiger partial charge < -0.3 is 19.4 Å². The summed E-state index contributed by atoms with van der Waals surface area (Å²) in [5.41, 5.74) is 0.875. The third-order valence-electron chi connectivity index (χ3n) is 4.53. The van der Waals surface area contributed by atoms with E-state index in [1.54, 1.807) is 32.2 Å². The number of nitrogens with one attached hydrogen (secondary N) is 1. The number of amides is 1. The van der Waals surface area contributed by atoms with Crippen LogP contribution in [0.1, 0.15) is 23.9 Å². The summed E-state index contributed by atoms with van der Waals surface area (Å²) in [6.45, 7) is 0. The summed E-state index contributed by atoms with van der Waals surface area (Å²) >= 11 is 1.64. The van der Waals surface area contributed by atoms with Crippen LogP contribution in [0.15, 0.2) is 65.8 Å². The number of hydrogen-bond donors (Lipinski definition) is 1. The highest BCUT2D eigenvalue weighted by Crippen LogP contribution is 2.29. The number of ether oxygens (including phenoxy) is 2.